The van der Waals surface area contributed by atoms with E-state index in [2.05, 4.69) is 4.98 Å². The maximum atomic E-state index is 9.45. The summed E-state index contributed by atoms with van der Waals surface area (Å²) in [5.41, 5.74) is 1.26. The molecule has 0 saturated heterocycles. The minimum atomic E-state index is 0. The largest absolute Gasteiger partial charge is 0.507 e. The van der Waals surface area contributed by atoms with Gasteiger partial charge in [0.2, 0.25) is 0 Å². The second kappa shape index (κ2) is 3.93. The molecule has 0 saturated carbocycles. The fourth-order valence-corrected chi connectivity index (χ4v) is 1.29. The van der Waals surface area contributed by atoms with Crippen LogP contribution in [-0.2, 0) is 19.5 Å². The van der Waals surface area contributed by atoms with Gasteiger partial charge >= 0.3 is 0 Å². The molecular formula is C10H9NO2Zn. The number of aromatic hydroxyl groups is 2. The van der Waals surface area contributed by atoms with Crippen molar-refractivity contribution in [2.24, 2.45) is 0 Å². The van der Waals surface area contributed by atoms with Gasteiger partial charge in [-0.05, 0) is 31.2 Å². The van der Waals surface area contributed by atoms with Crippen LogP contribution in [0.25, 0.3) is 10.9 Å². The van der Waals surface area contributed by atoms with Crippen LogP contribution in [-0.4, -0.2) is 15.2 Å². The first kappa shape index (κ1) is 10.9. The molecule has 14 heavy (non-hydrogen) atoms. The molecule has 0 fully saturated rings. The minimum absolute atomic E-state index is 0. The van der Waals surface area contributed by atoms with Crippen molar-refractivity contribution in [3.8, 4) is 11.5 Å². The molecule has 0 aliphatic rings. The van der Waals surface area contributed by atoms with Crippen LogP contribution >= 0.6 is 0 Å². The summed E-state index contributed by atoms with van der Waals surface area (Å²) in [7, 11) is 0. The molecule has 0 atom stereocenters. The van der Waals surface area contributed by atoms with E-state index in [9.17, 15) is 10.2 Å². The summed E-state index contributed by atoms with van der Waals surface area (Å²) in [5.74, 6) is 0.233. The fourth-order valence-electron chi connectivity index (χ4n) is 1.29. The van der Waals surface area contributed by atoms with E-state index >= 15 is 0 Å². The van der Waals surface area contributed by atoms with E-state index in [1.54, 1.807) is 12.1 Å². The number of aryl methyl sites for hydroxylation is 1. The quantitative estimate of drug-likeness (QED) is 0.547. The van der Waals surface area contributed by atoms with Crippen molar-refractivity contribution in [1.29, 1.82) is 0 Å². The SMILES string of the molecule is Cc1ccc2c(O)ccc(O)c2n1.[Zn]. The topological polar surface area (TPSA) is 53.4 Å². The van der Waals surface area contributed by atoms with Crippen LogP contribution in [0.3, 0.4) is 0 Å². The number of benzene rings is 1. The van der Waals surface area contributed by atoms with Crippen LogP contribution < -0.4 is 0 Å². The number of hydrogen-bond acceptors (Lipinski definition) is 3. The second-order valence-electron chi connectivity index (χ2n) is 2.95. The molecule has 0 aliphatic heterocycles. The fraction of sp³-hybridized carbons (Fsp3) is 0.100. The predicted molar refractivity (Wildman–Crippen MR) is 49.8 cm³/mol. The second-order valence-corrected chi connectivity index (χ2v) is 2.95. The van der Waals surface area contributed by atoms with Crippen LogP contribution in [0.4, 0.5) is 0 Å². The number of rotatable bonds is 0. The minimum Gasteiger partial charge on any atom is -0.507 e. The molecule has 4 heteroatoms. The smallest absolute Gasteiger partial charge is 0.142 e. The molecule has 0 radical (unpaired) electrons. The number of phenols is 2. The van der Waals surface area contributed by atoms with Gasteiger partial charge in [0.15, 0.2) is 0 Å². The van der Waals surface area contributed by atoms with Gasteiger partial charge in [-0.3, -0.25) is 0 Å². The van der Waals surface area contributed by atoms with Crippen molar-refractivity contribution in [2.45, 2.75) is 6.92 Å². The van der Waals surface area contributed by atoms with E-state index in [4.69, 9.17) is 0 Å². The molecule has 3 nitrogen and oxygen atoms in total. The van der Waals surface area contributed by atoms with Gasteiger partial charge in [0.25, 0.3) is 0 Å². The van der Waals surface area contributed by atoms with Gasteiger partial charge < -0.3 is 10.2 Å². The first-order valence-corrected chi connectivity index (χ1v) is 3.97. The Balaban J connectivity index is 0.000000980. The molecule has 2 rings (SSSR count). The summed E-state index contributed by atoms with van der Waals surface area (Å²) >= 11 is 0. The van der Waals surface area contributed by atoms with Crippen molar-refractivity contribution < 1.29 is 29.7 Å². The van der Waals surface area contributed by atoms with E-state index in [0.717, 1.165) is 5.69 Å². The third-order valence-electron chi connectivity index (χ3n) is 1.95. The normalized spacial score (nSPS) is 9.79. The Morgan fingerprint density at radius 3 is 2.36 bits per heavy atom. The van der Waals surface area contributed by atoms with Crippen molar-refractivity contribution in [3.63, 3.8) is 0 Å². The summed E-state index contributed by atoms with van der Waals surface area (Å²) < 4.78 is 0. The van der Waals surface area contributed by atoms with E-state index in [1.807, 2.05) is 6.92 Å². The summed E-state index contributed by atoms with van der Waals surface area (Å²) in [6.07, 6.45) is 0. The van der Waals surface area contributed by atoms with Gasteiger partial charge in [-0.15, -0.1) is 0 Å². The average Bonchev–Trinajstić information content (AvgIpc) is 2.12. The number of fused-ring (bicyclic) bond motifs is 1. The van der Waals surface area contributed by atoms with Crippen molar-refractivity contribution >= 4 is 10.9 Å². The molecule has 0 spiro atoms. The zero-order valence-corrected chi connectivity index (χ0v) is 10.8. The van der Waals surface area contributed by atoms with Crippen molar-refractivity contribution in [2.75, 3.05) is 0 Å². The Hall–Kier alpha value is -1.15. The molecule has 2 aromatic rings. The maximum Gasteiger partial charge on any atom is 0.142 e. The zero-order chi connectivity index (χ0) is 9.42. The number of nitrogens with zero attached hydrogens (tertiary/aromatic N) is 1. The molecular weight excluding hydrogens is 232 g/mol. The van der Waals surface area contributed by atoms with Crippen LogP contribution in [0.2, 0.25) is 0 Å². The van der Waals surface area contributed by atoms with Crippen LogP contribution in [0.5, 0.6) is 11.5 Å². The average molecular weight is 241 g/mol. The van der Waals surface area contributed by atoms with Gasteiger partial charge in [0, 0.05) is 30.6 Å². The van der Waals surface area contributed by atoms with Gasteiger partial charge in [0.1, 0.15) is 17.0 Å². The summed E-state index contributed by atoms with van der Waals surface area (Å²) in [4.78, 5) is 4.13. The number of pyridine rings is 1. The Morgan fingerprint density at radius 2 is 1.64 bits per heavy atom. The van der Waals surface area contributed by atoms with Crippen LogP contribution in [0.15, 0.2) is 24.3 Å². The number of hydrogen-bond donors (Lipinski definition) is 2. The molecule has 0 aliphatic carbocycles. The van der Waals surface area contributed by atoms with Crippen LogP contribution in [0.1, 0.15) is 5.69 Å². The maximum absolute atomic E-state index is 9.45. The van der Waals surface area contributed by atoms with E-state index < -0.39 is 0 Å². The zero-order valence-electron chi connectivity index (χ0n) is 7.86. The third kappa shape index (κ3) is 1.71. The predicted octanol–water partition coefficient (Wildman–Crippen LogP) is 1.95. The van der Waals surface area contributed by atoms with Gasteiger partial charge in [-0.25, -0.2) is 4.98 Å². The van der Waals surface area contributed by atoms with E-state index in [1.165, 1.54) is 12.1 Å². The molecule has 1 aromatic heterocycles. The van der Waals surface area contributed by atoms with Crippen molar-refractivity contribution in [3.05, 3.63) is 30.0 Å². The molecule has 0 bridgehead atoms. The molecule has 68 valence electrons. The number of phenolic OH excluding ortho intramolecular Hbond substituents is 2. The molecule has 0 amide bonds. The first-order valence-electron chi connectivity index (χ1n) is 3.97. The Bertz CT molecular complexity index is 471. The van der Waals surface area contributed by atoms with Crippen LogP contribution in [0, 0.1) is 6.92 Å². The molecule has 1 heterocycles. The summed E-state index contributed by atoms with van der Waals surface area (Å²) in [6, 6.07) is 6.42. The van der Waals surface area contributed by atoms with Crippen molar-refractivity contribution in [1.82, 2.24) is 4.98 Å². The Morgan fingerprint density at radius 1 is 1.00 bits per heavy atom. The summed E-state index contributed by atoms with van der Waals surface area (Å²) in [5, 5.41) is 19.5. The number of aromatic nitrogens is 1. The third-order valence-corrected chi connectivity index (χ3v) is 1.95. The molecule has 1 aromatic carbocycles. The molecule has 2 N–H and O–H groups in total. The summed E-state index contributed by atoms with van der Waals surface area (Å²) in [6.45, 7) is 1.84. The van der Waals surface area contributed by atoms with Gasteiger partial charge in [-0.1, -0.05) is 0 Å². The van der Waals surface area contributed by atoms with E-state index in [-0.39, 0.29) is 31.0 Å². The van der Waals surface area contributed by atoms with E-state index in [0.29, 0.717) is 10.9 Å². The standard InChI is InChI=1S/C10H9NO2.Zn/c1-6-2-3-7-8(12)4-5-9(13)10(7)11-6;/h2-5,12-13H,1H3;. The molecule has 0 unspecified atom stereocenters. The monoisotopic (exact) mass is 239 g/mol. The van der Waals surface area contributed by atoms with Gasteiger partial charge in [0.05, 0.1) is 0 Å². The first-order chi connectivity index (χ1) is 6.18. The Kier molecular flexibility index (Phi) is 3.07. The Labute approximate surface area is 94.2 Å². The van der Waals surface area contributed by atoms with Gasteiger partial charge in [-0.2, -0.15) is 0 Å².